The van der Waals surface area contributed by atoms with Crippen LogP contribution in [-0.2, 0) is 29.3 Å². The molecule has 0 fully saturated rings. The third-order valence-electron chi connectivity index (χ3n) is 0.313. The lowest BCUT2D eigenvalue weighted by Gasteiger charge is -1.86. The Balaban J connectivity index is 4.34. The first kappa shape index (κ1) is 9.49. The SMILES string of the molecule is O=S(=O)=COS(=O)(=O)OF. The van der Waals surface area contributed by atoms with E-state index < -0.39 is 20.7 Å². The van der Waals surface area contributed by atoms with Crippen LogP contribution in [0.1, 0.15) is 0 Å². The molecule has 0 heterocycles. The Kier molecular flexibility index (Phi) is 3.42. The molecule has 0 saturated heterocycles. The molecule has 0 saturated carbocycles. The van der Waals surface area contributed by atoms with Gasteiger partial charge in [0.05, 0.1) is 0 Å². The number of hydrogen-bond donors (Lipinski definition) is 0. The summed E-state index contributed by atoms with van der Waals surface area (Å²) < 4.78 is 54.9. The molecule has 0 rings (SSSR count). The molecule has 0 unspecified atom stereocenters. The van der Waals surface area contributed by atoms with Crippen molar-refractivity contribution in [2.24, 2.45) is 0 Å². The van der Waals surface area contributed by atoms with Crippen molar-refractivity contribution in [3.05, 3.63) is 0 Å². The number of hydrogen-bond acceptors (Lipinski definition) is 6. The van der Waals surface area contributed by atoms with Crippen molar-refractivity contribution in [1.82, 2.24) is 0 Å². The Morgan fingerprint density at radius 2 is 1.90 bits per heavy atom. The molecule has 10 heavy (non-hydrogen) atoms. The van der Waals surface area contributed by atoms with E-state index in [-0.39, 0.29) is 5.55 Å². The van der Waals surface area contributed by atoms with E-state index >= 15 is 0 Å². The van der Waals surface area contributed by atoms with Crippen molar-refractivity contribution in [3.63, 3.8) is 0 Å². The predicted octanol–water partition coefficient (Wildman–Crippen LogP) is -1.21. The van der Waals surface area contributed by atoms with Crippen LogP contribution in [0.3, 0.4) is 0 Å². The maximum atomic E-state index is 10.8. The van der Waals surface area contributed by atoms with Gasteiger partial charge in [0.2, 0.25) is 10.3 Å². The van der Waals surface area contributed by atoms with Gasteiger partial charge in [0, 0.05) is 0 Å². The third kappa shape index (κ3) is 4.38. The van der Waals surface area contributed by atoms with Gasteiger partial charge in [-0.2, -0.15) is 21.0 Å². The first-order valence-electron chi connectivity index (χ1n) is 1.63. The molecule has 60 valence electrons. The van der Waals surface area contributed by atoms with Crippen LogP contribution in [0.2, 0.25) is 0 Å². The summed E-state index contributed by atoms with van der Waals surface area (Å²) in [7, 11) is -7.67. The molecular weight excluding hydrogens is 191 g/mol. The van der Waals surface area contributed by atoms with Crippen molar-refractivity contribution in [2.75, 3.05) is 0 Å². The van der Waals surface area contributed by atoms with Crippen LogP contribution in [0, 0.1) is 0 Å². The van der Waals surface area contributed by atoms with Gasteiger partial charge in [-0.25, -0.2) is 0 Å². The quantitative estimate of drug-likeness (QED) is 0.521. The summed E-state index contributed by atoms with van der Waals surface area (Å²) in [6.45, 7) is 0. The van der Waals surface area contributed by atoms with Crippen LogP contribution < -0.4 is 0 Å². The van der Waals surface area contributed by atoms with Gasteiger partial charge in [-0.1, -0.05) is 0 Å². The molecule has 6 nitrogen and oxygen atoms in total. The lowest BCUT2D eigenvalue weighted by Crippen LogP contribution is -2.03. The molecule has 0 atom stereocenters. The van der Waals surface area contributed by atoms with Crippen molar-refractivity contribution in [3.8, 4) is 0 Å². The van der Waals surface area contributed by atoms with E-state index in [0.717, 1.165) is 0 Å². The zero-order chi connectivity index (χ0) is 8.20. The minimum atomic E-state index is -4.83. The van der Waals surface area contributed by atoms with E-state index in [1.807, 2.05) is 0 Å². The van der Waals surface area contributed by atoms with Gasteiger partial charge < -0.3 is 0 Å². The molecular formula is CHFO6S2. The molecule has 0 aromatic rings. The van der Waals surface area contributed by atoms with Gasteiger partial charge in [-0.05, 0) is 8.91 Å². The largest absolute Gasteiger partial charge is 0.435 e. The van der Waals surface area contributed by atoms with Crippen LogP contribution >= 0.6 is 0 Å². The monoisotopic (exact) mass is 192 g/mol. The van der Waals surface area contributed by atoms with E-state index in [2.05, 4.69) is 8.57 Å². The maximum Gasteiger partial charge on any atom is 0.435 e. The average molecular weight is 192 g/mol. The molecule has 0 aromatic heterocycles. The van der Waals surface area contributed by atoms with E-state index in [0.29, 0.717) is 0 Å². The third-order valence-corrected chi connectivity index (χ3v) is 1.17. The number of halogens is 1. The Bertz CT molecular complexity index is 300. The highest BCUT2D eigenvalue weighted by molar-refractivity contribution is 7.83. The van der Waals surface area contributed by atoms with Crippen molar-refractivity contribution in [1.29, 1.82) is 0 Å². The van der Waals surface area contributed by atoms with E-state index in [4.69, 9.17) is 0 Å². The average Bonchev–Trinajstić information content (AvgIpc) is 1.85. The fourth-order valence-corrected chi connectivity index (χ4v) is 0.766. The molecule has 0 bridgehead atoms. The second kappa shape index (κ2) is 3.61. The van der Waals surface area contributed by atoms with E-state index in [1.165, 1.54) is 0 Å². The zero-order valence-electron chi connectivity index (χ0n) is 4.22. The number of rotatable bonds is 3. The summed E-state index contributed by atoms with van der Waals surface area (Å²) in [6, 6.07) is 0. The molecule has 0 amide bonds. The van der Waals surface area contributed by atoms with E-state index in [1.54, 1.807) is 0 Å². The predicted molar refractivity (Wildman–Crippen MR) is 27.2 cm³/mol. The highest BCUT2D eigenvalue weighted by Gasteiger charge is 2.09. The Hall–Kier alpha value is -0.510. The van der Waals surface area contributed by atoms with Crippen LogP contribution in [0.25, 0.3) is 0 Å². The van der Waals surface area contributed by atoms with Crippen LogP contribution in [-0.4, -0.2) is 22.4 Å². The first-order chi connectivity index (χ1) is 4.48. The van der Waals surface area contributed by atoms with Crippen LogP contribution in [0.5, 0.6) is 0 Å². The molecule has 0 spiro atoms. The summed E-state index contributed by atoms with van der Waals surface area (Å²) in [5, 5.41) is 0. The van der Waals surface area contributed by atoms with Gasteiger partial charge in [-0.3, -0.25) is 0 Å². The Morgan fingerprint density at radius 1 is 1.40 bits per heavy atom. The lowest BCUT2D eigenvalue weighted by atomic mass is 11.7. The van der Waals surface area contributed by atoms with Gasteiger partial charge in [0.15, 0.2) is 5.55 Å². The topological polar surface area (TPSA) is 86.7 Å². The molecule has 9 heteroatoms. The minimum Gasteiger partial charge on any atom is -0.200 e. The minimum absolute atomic E-state index is 0.130. The molecule has 0 aliphatic heterocycles. The normalized spacial score (nSPS) is 10.9. The molecule has 0 radical (unpaired) electrons. The lowest BCUT2D eigenvalue weighted by molar-refractivity contribution is -0.00969. The van der Waals surface area contributed by atoms with Crippen molar-refractivity contribution >= 4 is 26.2 Å². The maximum absolute atomic E-state index is 10.8. The van der Waals surface area contributed by atoms with Crippen LogP contribution in [0.15, 0.2) is 0 Å². The molecule has 0 aliphatic rings. The zero-order valence-corrected chi connectivity index (χ0v) is 5.85. The van der Waals surface area contributed by atoms with Gasteiger partial charge in [0.25, 0.3) is 0 Å². The summed E-state index contributed by atoms with van der Waals surface area (Å²) in [5.74, 6) is 0. The summed E-state index contributed by atoms with van der Waals surface area (Å²) in [5.41, 5.74) is -0.130. The van der Waals surface area contributed by atoms with Gasteiger partial charge in [0.1, 0.15) is 0 Å². The van der Waals surface area contributed by atoms with Crippen molar-refractivity contribution in [2.45, 2.75) is 0 Å². The van der Waals surface area contributed by atoms with Crippen molar-refractivity contribution < 1.29 is 29.9 Å². The molecule has 0 aliphatic carbocycles. The smallest absolute Gasteiger partial charge is 0.200 e. The Labute approximate surface area is 56.9 Å². The van der Waals surface area contributed by atoms with Crippen LogP contribution in [0.4, 0.5) is 4.53 Å². The standard InChI is InChI=1S/CHFO6S2/c2-8-10(5,6)7-1-9(3)4/h1H. The summed E-state index contributed by atoms with van der Waals surface area (Å²) in [4.78, 5) is 0. The van der Waals surface area contributed by atoms with Gasteiger partial charge in [-0.15, -0.1) is 0 Å². The fraction of sp³-hybridized carbons (Fsp3) is 0. The highest BCUT2D eigenvalue weighted by Crippen LogP contribution is 1.91. The Morgan fingerprint density at radius 3 is 2.20 bits per heavy atom. The summed E-state index contributed by atoms with van der Waals surface area (Å²) >= 11 is 0. The second-order valence-electron chi connectivity index (χ2n) is 0.924. The molecule has 0 aromatic carbocycles. The first-order valence-corrected chi connectivity index (χ1v) is 4.10. The van der Waals surface area contributed by atoms with Gasteiger partial charge >= 0.3 is 10.4 Å². The highest BCUT2D eigenvalue weighted by atomic mass is 32.3. The van der Waals surface area contributed by atoms with E-state index in [9.17, 15) is 21.4 Å². The summed E-state index contributed by atoms with van der Waals surface area (Å²) in [6.07, 6.45) is 0. The molecule has 0 N–H and O–H groups in total. The second-order valence-corrected chi connectivity index (χ2v) is 2.77. The fourth-order valence-electron chi connectivity index (χ4n) is 0.0950.